The van der Waals surface area contributed by atoms with Gasteiger partial charge in [-0.3, -0.25) is 0 Å². The second-order valence-electron chi connectivity index (χ2n) is 4.68. The Kier molecular flexibility index (Phi) is 3.62. The van der Waals surface area contributed by atoms with Gasteiger partial charge in [-0.15, -0.1) is 0 Å². The summed E-state index contributed by atoms with van der Waals surface area (Å²) in [6, 6.07) is 9.96. The Morgan fingerprint density at radius 1 is 1.41 bits per heavy atom. The molecule has 0 saturated carbocycles. The molecule has 1 aliphatic heterocycles. The highest BCUT2D eigenvalue weighted by molar-refractivity contribution is 5.69. The van der Waals surface area contributed by atoms with E-state index in [0.29, 0.717) is 6.61 Å². The van der Waals surface area contributed by atoms with Crippen LogP contribution in [0, 0.1) is 0 Å². The van der Waals surface area contributed by atoms with E-state index in [1.54, 1.807) is 0 Å². The molecular weight excluding hydrogens is 216 g/mol. The number of epoxide rings is 1. The summed E-state index contributed by atoms with van der Waals surface area (Å²) in [5.41, 5.74) is 1.41. The lowest BCUT2D eigenvalue weighted by atomic mass is 9.93. The highest BCUT2D eigenvalue weighted by atomic mass is 17.2. The Bertz CT molecular complexity index is 380. The van der Waals surface area contributed by atoms with Crippen LogP contribution in [0.25, 0.3) is 5.57 Å². The second kappa shape index (κ2) is 5.00. The van der Waals surface area contributed by atoms with E-state index in [0.717, 1.165) is 17.7 Å². The Morgan fingerprint density at radius 3 is 2.65 bits per heavy atom. The Balaban J connectivity index is 1.91. The van der Waals surface area contributed by atoms with Crippen LogP contribution in [-0.4, -0.2) is 24.9 Å². The van der Waals surface area contributed by atoms with E-state index in [1.807, 2.05) is 44.2 Å². The van der Waals surface area contributed by atoms with Gasteiger partial charge in [-0.25, -0.2) is 9.78 Å². The predicted molar refractivity (Wildman–Crippen MR) is 66.3 cm³/mol. The number of hydrogen-bond donors (Lipinski definition) is 0. The van der Waals surface area contributed by atoms with Crippen molar-refractivity contribution in [3.05, 3.63) is 42.5 Å². The smallest absolute Gasteiger partial charge is 0.123 e. The molecule has 0 bridgehead atoms. The van der Waals surface area contributed by atoms with Crippen LogP contribution in [0.4, 0.5) is 0 Å². The summed E-state index contributed by atoms with van der Waals surface area (Å²) in [6.07, 6.45) is 0.204. The van der Waals surface area contributed by atoms with Crippen LogP contribution in [0.2, 0.25) is 0 Å². The van der Waals surface area contributed by atoms with Crippen LogP contribution in [0.5, 0.6) is 0 Å². The highest BCUT2D eigenvalue weighted by Gasteiger charge is 2.28. The van der Waals surface area contributed by atoms with Crippen molar-refractivity contribution in [1.82, 2.24) is 0 Å². The Labute approximate surface area is 102 Å². The fraction of sp³-hybridized carbons (Fsp3) is 0.429. The van der Waals surface area contributed by atoms with Gasteiger partial charge in [-0.05, 0) is 25.0 Å². The molecule has 1 aromatic rings. The third kappa shape index (κ3) is 3.40. The first-order chi connectivity index (χ1) is 8.09. The van der Waals surface area contributed by atoms with Crippen LogP contribution in [0.15, 0.2) is 36.9 Å². The molecule has 1 aromatic carbocycles. The molecule has 2 rings (SSSR count). The van der Waals surface area contributed by atoms with Gasteiger partial charge in [0.15, 0.2) is 0 Å². The summed E-state index contributed by atoms with van der Waals surface area (Å²) in [4.78, 5) is 10.6. The van der Waals surface area contributed by atoms with E-state index in [9.17, 15) is 0 Å². The topological polar surface area (TPSA) is 31.0 Å². The molecule has 3 nitrogen and oxygen atoms in total. The molecule has 92 valence electrons. The van der Waals surface area contributed by atoms with Gasteiger partial charge < -0.3 is 4.74 Å². The molecule has 0 N–H and O–H groups in total. The molecule has 0 radical (unpaired) electrons. The molecular formula is C14H18O3. The maximum absolute atomic E-state index is 5.42. The summed E-state index contributed by atoms with van der Waals surface area (Å²) in [5.74, 6) is 0. The first-order valence-corrected chi connectivity index (χ1v) is 5.76. The van der Waals surface area contributed by atoms with Crippen molar-refractivity contribution in [2.24, 2.45) is 0 Å². The molecule has 3 heteroatoms. The van der Waals surface area contributed by atoms with Gasteiger partial charge in [0, 0.05) is 0 Å². The third-order valence-electron chi connectivity index (χ3n) is 2.77. The minimum Gasteiger partial charge on any atom is -0.370 e. The van der Waals surface area contributed by atoms with Crippen molar-refractivity contribution >= 4 is 5.57 Å². The van der Waals surface area contributed by atoms with Gasteiger partial charge in [0.1, 0.15) is 18.3 Å². The average Bonchev–Trinajstić information content (AvgIpc) is 3.13. The molecule has 0 aromatic heterocycles. The van der Waals surface area contributed by atoms with Gasteiger partial charge in [-0.1, -0.05) is 36.9 Å². The largest absolute Gasteiger partial charge is 0.370 e. The molecule has 1 heterocycles. The summed E-state index contributed by atoms with van der Waals surface area (Å²) >= 11 is 0. The zero-order valence-corrected chi connectivity index (χ0v) is 10.3. The van der Waals surface area contributed by atoms with Gasteiger partial charge in [0.2, 0.25) is 0 Å². The van der Waals surface area contributed by atoms with Crippen LogP contribution < -0.4 is 0 Å². The van der Waals surface area contributed by atoms with Gasteiger partial charge in [0.05, 0.1) is 6.61 Å². The lowest BCUT2D eigenvalue weighted by Gasteiger charge is -2.26. The standard InChI is InChI=1S/C14H18O3/c1-11(12-7-5-4-6-8-12)14(2,3)17-16-10-13-9-15-13/h4-8,13H,1,9-10H2,2-3H3. The van der Waals surface area contributed by atoms with Crippen molar-refractivity contribution in [2.75, 3.05) is 13.2 Å². The average molecular weight is 234 g/mol. The molecule has 1 atom stereocenters. The number of hydrogen-bond acceptors (Lipinski definition) is 3. The maximum Gasteiger partial charge on any atom is 0.123 e. The zero-order chi connectivity index (χ0) is 12.3. The molecule has 0 aliphatic carbocycles. The zero-order valence-electron chi connectivity index (χ0n) is 10.3. The van der Waals surface area contributed by atoms with Crippen molar-refractivity contribution < 1.29 is 14.5 Å². The lowest BCUT2D eigenvalue weighted by molar-refractivity contribution is -0.338. The van der Waals surface area contributed by atoms with Crippen LogP contribution in [0.1, 0.15) is 19.4 Å². The molecule has 1 unspecified atom stereocenters. The van der Waals surface area contributed by atoms with Crippen molar-refractivity contribution in [3.63, 3.8) is 0 Å². The van der Waals surface area contributed by atoms with Crippen molar-refractivity contribution in [3.8, 4) is 0 Å². The Hall–Kier alpha value is -1.16. The summed E-state index contributed by atoms with van der Waals surface area (Å²) < 4.78 is 5.04. The lowest BCUT2D eigenvalue weighted by Crippen LogP contribution is -2.26. The van der Waals surface area contributed by atoms with E-state index in [1.165, 1.54) is 0 Å². The number of benzene rings is 1. The summed E-state index contributed by atoms with van der Waals surface area (Å²) in [5, 5.41) is 0. The minimum atomic E-state index is -0.545. The van der Waals surface area contributed by atoms with Gasteiger partial charge in [-0.2, -0.15) is 0 Å². The van der Waals surface area contributed by atoms with Gasteiger partial charge in [0.25, 0.3) is 0 Å². The normalized spacial score (nSPS) is 19.1. The predicted octanol–water partition coefficient (Wildman–Crippen LogP) is 2.83. The van der Waals surface area contributed by atoms with Crippen molar-refractivity contribution in [1.29, 1.82) is 0 Å². The van der Waals surface area contributed by atoms with E-state index in [2.05, 4.69) is 6.58 Å². The quantitative estimate of drug-likeness (QED) is 0.431. The number of ether oxygens (including phenoxy) is 1. The highest BCUT2D eigenvalue weighted by Crippen LogP contribution is 2.28. The first kappa shape index (κ1) is 12.3. The van der Waals surface area contributed by atoms with E-state index in [-0.39, 0.29) is 6.10 Å². The second-order valence-corrected chi connectivity index (χ2v) is 4.68. The first-order valence-electron chi connectivity index (χ1n) is 5.76. The maximum atomic E-state index is 5.42. The summed E-state index contributed by atoms with van der Waals surface area (Å²) in [6.45, 7) is 9.20. The van der Waals surface area contributed by atoms with E-state index < -0.39 is 5.60 Å². The Morgan fingerprint density at radius 2 is 2.06 bits per heavy atom. The minimum absolute atomic E-state index is 0.204. The van der Waals surface area contributed by atoms with Crippen LogP contribution in [-0.2, 0) is 14.5 Å². The van der Waals surface area contributed by atoms with Crippen LogP contribution in [0.3, 0.4) is 0 Å². The van der Waals surface area contributed by atoms with E-state index in [4.69, 9.17) is 14.5 Å². The fourth-order valence-electron chi connectivity index (χ4n) is 1.46. The SMILES string of the molecule is C=C(c1ccccc1)C(C)(C)OOCC1CO1. The van der Waals surface area contributed by atoms with Gasteiger partial charge >= 0.3 is 0 Å². The van der Waals surface area contributed by atoms with Crippen LogP contribution >= 0.6 is 0 Å². The third-order valence-corrected chi connectivity index (χ3v) is 2.77. The summed E-state index contributed by atoms with van der Waals surface area (Å²) in [7, 11) is 0. The number of rotatable bonds is 6. The molecule has 17 heavy (non-hydrogen) atoms. The van der Waals surface area contributed by atoms with Crippen molar-refractivity contribution in [2.45, 2.75) is 25.6 Å². The van der Waals surface area contributed by atoms with E-state index >= 15 is 0 Å². The molecule has 0 amide bonds. The molecule has 1 fully saturated rings. The fourth-order valence-corrected chi connectivity index (χ4v) is 1.46. The molecule has 0 spiro atoms. The molecule has 1 aliphatic rings. The molecule has 1 saturated heterocycles. The monoisotopic (exact) mass is 234 g/mol.